The number of benzene rings is 9. The number of nitrogens with one attached hydrogen (secondary N) is 1. The quantitative estimate of drug-likeness (QED) is 0.176. The summed E-state index contributed by atoms with van der Waals surface area (Å²) >= 11 is 1.86. The molecule has 0 fully saturated rings. The highest BCUT2D eigenvalue weighted by Crippen LogP contribution is 2.49. The Morgan fingerprint density at radius 1 is 0.426 bits per heavy atom. The van der Waals surface area contributed by atoms with Gasteiger partial charge in [0.2, 0.25) is 0 Å². The number of hydrogen-bond acceptors (Lipinski definition) is 2. The number of hydrogen-bond donors (Lipinski definition) is 1. The van der Waals surface area contributed by atoms with Crippen LogP contribution in [0.15, 0.2) is 188 Å². The molecule has 0 atom stereocenters. The molecule has 1 nitrogen and oxygen atoms in total. The second-order valence-corrected chi connectivity index (χ2v) is 15.2. The molecule has 54 heavy (non-hydrogen) atoms. The Hall–Kier alpha value is -6.74. The van der Waals surface area contributed by atoms with E-state index in [2.05, 4.69) is 199 Å². The Morgan fingerprint density at radius 3 is 1.98 bits per heavy atom. The SMILES string of the molecule is C(=C(c1ccc(-c2ccc3c4c(cccc24)-c2c(ccc4ccccc24)N3)cc1)c1ccc2sc3ccccc3c2c1)c1ccc(-c2ccccc2)cc1. The van der Waals surface area contributed by atoms with Crippen LogP contribution in [0.3, 0.4) is 0 Å². The van der Waals surface area contributed by atoms with Crippen LogP contribution in [0.4, 0.5) is 11.4 Å². The molecule has 1 N–H and O–H groups in total. The van der Waals surface area contributed by atoms with Gasteiger partial charge in [-0.1, -0.05) is 158 Å². The summed E-state index contributed by atoms with van der Waals surface area (Å²) < 4.78 is 2.64. The molecule has 1 aliphatic heterocycles. The summed E-state index contributed by atoms with van der Waals surface area (Å²) in [7, 11) is 0. The van der Waals surface area contributed by atoms with Crippen LogP contribution >= 0.6 is 11.3 Å². The van der Waals surface area contributed by atoms with Crippen LogP contribution < -0.4 is 5.32 Å². The molecule has 0 amide bonds. The van der Waals surface area contributed by atoms with Crippen LogP contribution in [0.25, 0.3) is 86.7 Å². The van der Waals surface area contributed by atoms with Crippen molar-refractivity contribution in [1.82, 2.24) is 0 Å². The summed E-state index contributed by atoms with van der Waals surface area (Å²) in [6.07, 6.45) is 2.34. The van der Waals surface area contributed by atoms with Gasteiger partial charge in [-0.25, -0.2) is 0 Å². The monoisotopic (exact) mass is 703 g/mol. The lowest BCUT2D eigenvalue weighted by Gasteiger charge is -2.25. The number of anilines is 2. The molecule has 0 aliphatic carbocycles. The third kappa shape index (κ3) is 5.07. The van der Waals surface area contributed by atoms with Gasteiger partial charge in [-0.3, -0.25) is 0 Å². The van der Waals surface area contributed by atoms with Gasteiger partial charge >= 0.3 is 0 Å². The van der Waals surface area contributed by atoms with Crippen molar-refractivity contribution in [2.75, 3.05) is 5.32 Å². The minimum atomic E-state index is 1.16. The molecule has 0 saturated heterocycles. The fourth-order valence-electron chi connectivity index (χ4n) is 8.41. The minimum absolute atomic E-state index is 1.16. The molecule has 11 rings (SSSR count). The van der Waals surface area contributed by atoms with Crippen molar-refractivity contribution in [3.63, 3.8) is 0 Å². The van der Waals surface area contributed by atoms with Crippen molar-refractivity contribution in [1.29, 1.82) is 0 Å². The van der Waals surface area contributed by atoms with Crippen molar-refractivity contribution < 1.29 is 0 Å². The first-order valence-electron chi connectivity index (χ1n) is 18.5. The Morgan fingerprint density at radius 2 is 1.11 bits per heavy atom. The smallest absolute Gasteiger partial charge is 0.0470 e. The Balaban J connectivity index is 1.03. The van der Waals surface area contributed by atoms with Gasteiger partial charge in [0.25, 0.3) is 0 Å². The largest absolute Gasteiger partial charge is 0.354 e. The van der Waals surface area contributed by atoms with E-state index in [-0.39, 0.29) is 0 Å². The van der Waals surface area contributed by atoms with Crippen molar-refractivity contribution >= 4 is 76.1 Å². The molecule has 9 aromatic carbocycles. The van der Waals surface area contributed by atoms with Gasteiger partial charge in [0.05, 0.1) is 0 Å². The minimum Gasteiger partial charge on any atom is -0.354 e. The third-order valence-corrected chi connectivity index (χ3v) is 12.2. The summed E-state index contributed by atoms with van der Waals surface area (Å²) in [5.41, 5.74) is 14.5. The number of fused-ring (bicyclic) bond motifs is 7. The molecule has 0 spiro atoms. The van der Waals surface area contributed by atoms with E-state index in [4.69, 9.17) is 0 Å². The van der Waals surface area contributed by atoms with Gasteiger partial charge in [0.1, 0.15) is 0 Å². The summed E-state index contributed by atoms with van der Waals surface area (Å²) in [6.45, 7) is 0. The zero-order valence-electron chi connectivity index (χ0n) is 29.4. The molecule has 10 aromatic rings. The summed E-state index contributed by atoms with van der Waals surface area (Å²) in [5, 5.41) is 11.5. The molecule has 0 unspecified atom stereocenters. The molecule has 252 valence electrons. The van der Waals surface area contributed by atoms with E-state index in [1.54, 1.807) is 0 Å². The third-order valence-electron chi connectivity index (χ3n) is 11.0. The molecule has 0 saturated carbocycles. The van der Waals surface area contributed by atoms with Gasteiger partial charge in [0.15, 0.2) is 0 Å². The second-order valence-electron chi connectivity index (χ2n) is 14.2. The summed E-state index contributed by atoms with van der Waals surface area (Å²) in [5.74, 6) is 0. The topological polar surface area (TPSA) is 12.0 Å². The van der Waals surface area contributed by atoms with E-state index in [9.17, 15) is 0 Å². The van der Waals surface area contributed by atoms with Gasteiger partial charge in [0, 0.05) is 42.5 Å². The summed E-state index contributed by atoms with van der Waals surface area (Å²) in [4.78, 5) is 0. The molecule has 1 aliphatic rings. The first-order valence-corrected chi connectivity index (χ1v) is 19.3. The first-order chi connectivity index (χ1) is 26.7. The molecule has 2 heteroatoms. The van der Waals surface area contributed by atoms with Crippen LogP contribution in [-0.4, -0.2) is 0 Å². The van der Waals surface area contributed by atoms with E-state index < -0.39 is 0 Å². The van der Waals surface area contributed by atoms with Gasteiger partial charge in [-0.2, -0.15) is 0 Å². The highest BCUT2D eigenvalue weighted by Gasteiger charge is 2.22. The molecule has 2 heterocycles. The summed E-state index contributed by atoms with van der Waals surface area (Å²) in [6, 6.07) is 68.8. The average Bonchev–Trinajstić information content (AvgIpc) is 3.61. The van der Waals surface area contributed by atoms with Crippen molar-refractivity contribution in [3.8, 4) is 33.4 Å². The molecule has 0 bridgehead atoms. The molecule has 1 aromatic heterocycles. The van der Waals surface area contributed by atoms with Crippen molar-refractivity contribution in [3.05, 3.63) is 205 Å². The first kappa shape index (κ1) is 30.8. The lowest BCUT2D eigenvalue weighted by atomic mass is 9.86. The van der Waals surface area contributed by atoms with E-state index in [0.717, 1.165) is 11.4 Å². The van der Waals surface area contributed by atoms with Gasteiger partial charge in [-0.15, -0.1) is 11.3 Å². The number of thiophene rings is 1. The zero-order chi connectivity index (χ0) is 35.6. The fourth-order valence-corrected chi connectivity index (χ4v) is 9.49. The van der Waals surface area contributed by atoms with Gasteiger partial charge < -0.3 is 5.32 Å². The maximum absolute atomic E-state index is 3.77. The fraction of sp³-hybridized carbons (Fsp3) is 0. The Kier molecular flexibility index (Phi) is 7.11. The van der Waals surface area contributed by atoms with Crippen LogP contribution in [0, 0.1) is 0 Å². The van der Waals surface area contributed by atoms with Crippen LogP contribution in [0.5, 0.6) is 0 Å². The molecular weight excluding hydrogens is 671 g/mol. The van der Waals surface area contributed by atoms with Gasteiger partial charge in [-0.05, 0) is 103 Å². The lowest BCUT2D eigenvalue weighted by molar-refractivity contribution is 1.54. The van der Waals surface area contributed by atoms with E-state index in [0.29, 0.717) is 0 Å². The van der Waals surface area contributed by atoms with Crippen molar-refractivity contribution in [2.24, 2.45) is 0 Å². The highest BCUT2D eigenvalue weighted by atomic mass is 32.1. The Labute approximate surface area is 318 Å². The van der Waals surface area contributed by atoms with E-state index in [1.165, 1.54) is 97.4 Å². The Bertz CT molecular complexity index is 3090. The molecule has 0 radical (unpaired) electrons. The normalized spacial score (nSPS) is 12.3. The second kappa shape index (κ2) is 12.4. The lowest BCUT2D eigenvalue weighted by Crippen LogP contribution is -2.02. The predicted molar refractivity (Wildman–Crippen MR) is 234 cm³/mol. The van der Waals surface area contributed by atoms with E-state index >= 15 is 0 Å². The number of rotatable bonds is 5. The molecular formula is C52H33NS. The van der Waals surface area contributed by atoms with Crippen LogP contribution in [-0.2, 0) is 0 Å². The van der Waals surface area contributed by atoms with E-state index in [1.807, 2.05) is 11.3 Å². The predicted octanol–water partition coefficient (Wildman–Crippen LogP) is 15.0. The zero-order valence-corrected chi connectivity index (χ0v) is 30.2. The maximum atomic E-state index is 3.77. The van der Waals surface area contributed by atoms with Crippen molar-refractivity contribution in [2.45, 2.75) is 0 Å². The van der Waals surface area contributed by atoms with Crippen LogP contribution in [0.1, 0.15) is 16.7 Å². The average molecular weight is 704 g/mol. The maximum Gasteiger partial charge on any atom is 0.0470 e. The standard InChI is InChI=1S/C52H33NS/c1-2-9-34(10-3-1)35-19-17-33(18-20-35)31-45(39-26-30-50-46(32-39)42-13-6-7-16-49(42)54-50)38-23-21-37(22-24-38)40-27-29-48-52-43(40)14-8-15-44(52)51-41-12-5-4-11-36(41)25-28-47(51)53-48/h1-32,53H. The van der Waals surface area contributed by atoms with Crippen LogP contribution in [0.2, 0.25) is 0 Å². The highest BCUT2D eigenvalue weighted by molar-refractivity contribution is 7.25.